The van der Waals surface area contributed by atoms with Crippen LogP contribution >= 0.6 is 0 Å². The molecule has 0 N–H and O–H groups in total. The maximum Gasteiger partial charge on any atom is 0.306 e. The molecule has 0 aromatic carbocycles. The zero-order valence-corrected chi connectivity index (χ0v) is 11.6. The van der Waals surface area contributed by atoms with Gasteiger partial charge in [0.2, 0.25) is 0 Å². The van der Waals surface area contributed by atoms with Crippen LogP contribution in [0.3, 0.4) is 0 Å². The van der Waals surface area contributed by atoms with E-state index in [1.807, 2.05) is 0 Å². The quantitative estimate of drug-likeness (QED) is 0.523. The summed E-state index contributed by atoms with van der Waals surface area (Å²) in [7, 11) is 0. The number of ketones is 2. The number of Topliss-reactive ketones (excluding diaryl/α,β-unsaturated/α-hetero) is 2. The van der Waals surface area contributed by atoms with Gasteiger partial charge in [-0.1, -0.05) is 0 Å². The van der Waals surface area contributed by atoms with Crippen LogP contribution < -0.4 is 0 Å². The molecule has 4 nitrogen and oxygen atoms in total. The van der Waals surface area contributed by atoms with E-state index in [1.54, 1.807) is 0 Å². The zero-order chi connectivity index (χ0) is 11.0. The van der Waals surface area contributed by atoms with E-state index in [0.717, 1.165) is 0 Å². The summed E-state index contributed by atoms with van der Waals surface area (Å²) < 4.78 is 4.64. The molecule has 0 aliphatic rings. The van der Waals surface area contributed by atoms with Crippen molar-refractivity contribution in [3.05, 3.63) is 0 Å². The Morgan fingerprint density at radius 2 is 1.47 bits per heavy atom. The van der Waals surface area contributed by atoms with E-state index in [1.165, 1.54) is 13.8 Å². The van der Waals surface area contributed by atoms with Gasteiger partial charge in [-0.2, -0.15) is 0 Å². The molecule has 0 bridgehead atoms. The van der Waals surface area contributed by atoms with Gasteiger partial charge in [-0.3, -0.25) is 9.59 Å². The third-order valence-electron chi connectivity index (χ3n) is 1.60. The predicted molar refractivity (Wildman–Crippen MR) is 50.8 cm³/mol. The monoisotopic (exact) mass is 290 g/mol. The van der Waals surface area contributed by atoms with Crippen LogP contribution in [-0.2, 0) is 45.3 Å². The Morgan fingerprint density at radius 1 is 0.933 bits per heavy atom. The summed E-state index contributed by atoms with van der Waals surface area (Å²) >= 11 is 0. The molecule has 0 atom stereocenters. The molecule has 0 saturated heterocycles. The van der Waals surface area contributed by atoms with Crippen molar-refractivity contribution in [1.82, 2.24) is 0 Å². The van der Waals surface area contributed by atoms with Gasteiger partial charge in [-0.25, -0.2) is 0 Å². The van der Waals surface area contributed by atoms with Crippen molar-refractivity contribution in [2.45, 2.75) is 39.5 Å². The fourth-order valence-electron chi connectivity index (χ4n) is 0.898. The van der Waals surface area contributed by atoms with Crippen LogP contribution in [0.25, 0.3) is 0 Å². The molecule has 0 fully saturated rings. The molecule has 0 heterocycles. The summed E-state index contributed by atoms with van der Waals surface area (Å²) in [5, 5.41) is 0. The number of hydrogen-bond donors (Lipinski definition) is 0. The van der Waals surface area contributed by atoms with Gasteiger partial charge in [0.15, 0.2) is 5.78 Å². The molecular formula is C10H16O4Zr. The van der Waals surface area contributed by atoms with Crippen molar-refractivity contribution in [2.75, 3.05) is 6.61 Å². The summed E-state index contributed by atoms with van der Waals surface area (Å²) in [5.41, 5.74) is 0. The van der Waals surface area contributed by atoms with Crippen LogP contribution in [0, 0.1) is 0 Å². The van der Waals surface area contributed by atoms with E-state index in [9.17, 15) is 14.4 Å². The average Bonchev–Trinajstić information content (AvgIpc) is 2.08. The number of hydrogen-bond acceptors (Lipinski definition) is 4. The van der Waals surface area contributed by atoms with Gasteiger partial charge in [-0.15, -0.1) is 0 Å². The fraction of sp³-hybridized carbons (Fsp3) is 0.700. The first-order chi connectivity index (χ1) is 6.52. The summed E-state index contributed by atoms with van der Waals surface area (Å²) in [6, 6.07) is 0. The van der Waals surface area contributed by atoms with Crippen LogP contribution in [0.15, 0.2) is 0 Å². The predicted octanol–water partition coefficient (Wildman–Crippen LogP) is 1.27. The Labute approximate surface area is 109 Å². The maximum atomic E-state index is 10.9. The first-order valence-corrected chi connectivity index (χ1v) is 4.67. The molecule has 0 saturated carbocycles. The summed E-state index contributed by atoms with van der Waals surface area (Å²) in [5.74, 6) is -0.409. The molecule has 0 spiro atoms. The van der Waals surface area contributed by atoms with Crippen LogP contribution in [-0.4, -0.2) is 24.1 Å². The summed E-state index contributed by atoms with van der Waals surface area (Å²) in [4.78, 5) is 31.9. The van der Waals surface area contributed by atoms with Gasteiger partial charge in [0, 0.05) is 39.0 Å². The molecule has 0 aromatic heterocycles. The van der Waals surface area contributed by atoms with E-state index in [4.69, 9.17) is 0 Å². The Kier molecular flexibility index (Phi) is 11.6. The SMILES string of the molecule is CC(=O)CCCCC(=O)OCC(C)=O.[Zr]. The van der Waals surface area contributed by atoms with E-state index in [-0.39, 0.29) is 56.8 Å². The Hall–Kier alpha value is -0.307. The van der Waals surface area contributed by atoms with Crippen molar-refractivity contribution < 1.29 is 45.3 Å². The largest absolute Gasteiger partial charge is 0.458 e. The third kappa shape index (κ3) is 13.7. The second kappa shape index (κ2) is 10.2. The molecule has 0 aliphatic heterocycles. The third-order valence-corrected chi connectivity index (χ3v) is 1.60. The molecule has 0 rings (SSSR count). The van der Waals surface area contributed by atoms with Gasteiger partial charge in [0.1, 0.15) is 12.4 Å². The Balaban J connectivity index is 0. The van der Waals surface area contributed by atoms with E-state index >= 15 is 0 Å². The van der Waals surface area contributed by atoms with Crippen LogP contribution in [0.4, 0.5) is 0 Å². The number of unbranched alkanes of at least 4 members (excludes halogenated alkanes) is 1. The second-order valence-electron chi connectivity index (χ2n) is 3.27. The molecule has 0 amide bonds. The maximum absolute atomic E-state index is 10.9. The standard InChI is InChI=1S/C10H16O4.Zr/c1-8(11)5-3-4-6-10(13)14-7-9(2)12;/h3-7H2,1-2H3;. The van der Waals surface area contributed by atoms with E-state index in [0.29, 0.717) is 19.3 Å². The van der Waals surface area contributed by atoms with Gasteiger partial charge in [-0.05, 0) is 26.7 Å². The minimum Gasteiger partial charge on any atom is -0.458 e. The molecule has 0 aliphatic carbocycles. The first kappa shape index (κ1) is 17.1. The van der Waals surface area contributed by atoms with Crippen molar-refractivity contribution in [1.29, 1.82) is 0 Å². The summed E-state index contributed by atoms with van der Waals surface area (Å²) in [6.07, 6.45) is 2.11. The van der Waals surface area contributed by atoms with Crippen molar-refractivity contribution in [3.8, 4) is 0 Å². The number of rotatable bonds is 7. The molecule has 0 aromatic rings. The molecular weight excluding hydrogens is 275 g/mol. The van der Waals surface area contributed by atoms with Gasteiger partial charge in [0.25, 0.3) is 0 Å². The topological polar surface area (TPSA) is 60.4 Å². The first-order valence-electron chi connectivity index (χ1n) is 4.67. The molecule has 84 valence electrons. The number of ether oxygens (including phenoxy) is 1. The molecule has 5 heteroatoms. The summed E-state index contributed by atoms with van der Waals surface area (Å²) in [6.45, 7) is 2.74. The van der Waals surface area contributed by atoms with Gasteiger partial charge >= 0.3 is 5.97 Å². The minimum absolute atomic E-state index is 0. The number of carbonyl (C=O) groups excluding carboxylic acids is 3. The van der Waals surface area contributed by atoms with Gasteiger partial charge in [0.05, 0.1) is 0 Å². The van der Waals surface area contributed by atoms with Crippen molar-refractivity contribution >= 4 is 17.5 Å². The van der Waals surface area contributed by atoms with Crippen LogP contribution in [0.5, 0.6) is 0 Å². The average molecular weight is 291 g/mol. The Bertz CT molecular complexity index is 225. The van der Waals surface area contributed by atoms with Crippen molar-refractivity contribution in [2.24, 2.45) is 0 Å². The van der Waals surface area contributed by atoms with E-state index in [2.05, 4.69) is 4.74 Å². The zero-order valence-electron chi connectivity index (χ0n) is 9.17. The number of carbonyl (C=O) groups is 3. The van der Waals surface area contributed by atoms with E-state index < -0.39 is 0 Å². The smallest absolute Gasteiger partial charge is 0.306 e. The van der Waals surface area contributed by atoms with Crippen LogP contribution in [0.2, 0.25) is 0 Å². The van der Waals surface area contributed by atoms with Crippen molar-refractivity contribution in [3.63, 3.8) is 0 Å². The molecule has 0 radical (unpaired) electrons. The Morgan fingerprint density at radius 3 is 1.93 bits per heavy atom. The number of esters is 1. The second-order valence-corrected chi connectivity index (χ2v) is 3.27. The molecule has 0 unspecified atom stereocenters. The molecule has 15 heavy (non-hydrogen) atoms. The van der Waals surface area contributed by atoms with Gasteiger partial charge < -0.3 is 9.53 Å². The fourth-order valence-corrected chi connectivity index (χ4v) is 0.898. The normalized spacial score (nSPS) is 8.93. The minimum atomic E-state index is -0.372. The van der Waals surface area contributed by atoms with Crippen LogP contribution in [0.1, 0.15) is 39.5 Å².